The number of hydrogen-bond acceptors (Lipinski definition) is 5. The highest BCUT2D eigenvalue weighted by Gasteiger charge is 2.28. The van der Waals surface area contributed by atoms with Crippen LogP contribution in [0.4, 0.5) is 4.39 Å². The molecule has 0 aromatic heterocycles. The minimum absolute atomic E-state index is 0.145. The molecule has 3 aromatic carbocycles. The van der Waals surface area contributed by atoms with Crippen LogP contribution in [0.1, 0.15) is 5.56 Å². The van der Waals surface area contributed by atoms with Gasteiger partial charge in [0.05, 0.1) is 4.90 Å². The van der Waals surface area contributed by atoms with Gasteiger partial charge in [0, 0.05) is 32.7 Å². The number of nitrogens with zero attached hydrogens (tertiary/aromatic N) is 2. The summed E-state index contributed by atoms with van der Waals surface area (Å²) in [7, 11) is -3.57. The molecule has 1 fully saturated rings. The van der Waals surface area contributed by atoms with E-state index in [1.54, 1.807) is 0 Å². The van der Waals surface area contributed by atoms with E-state index in [2.05, 4.69) is 35.2 Å². The van der Waals surface area contributed by atoms with Crippen molar-refractivity contribution in [3.8, 4) is 0 Å². The molecule has 33 heavy (non-hydrogen) atoms. The third-order valence-corrected chi connectivity index (χ3v) is 7.15. The van der Waals surface area contributed by atoms with Crippen LogP contribution in [0.3, 0.4) is 0 Å². The summed E-state index contributed by atoms with van der Waals surface area (Å²) in [5.74, 6) is -4.08. The Hall–Kier alpha value is -3.34. The van der Waals surface area contributed by atoms with Gasteiger partial charge in [-0.25, -0.2) is 22.4 Å². The predicted octanol–water partition coefficient (Wildman–Crippen LogP) is 2.64. The first-order chi connectivity index (χ1) is 15.7. The van der Waals surface area contributed by atoms with Crippen LogP contribution >= 0.6 is 0 Å². The normalized spacial score (nSPS) is 14.9. The molecular formula is C23H23FN2O6S. The number of carbonyl (C=O) groups is 2. The van der Waals surface area contributed by atoms with E-state index in [0.717, 1.165) is 6.54 Å². The third kappa shape index (κ3) is 6.13. The molecule has 1 saturated heterocycles. The molecule has 1 aliphatic rings. The molecule has 0 atom stereocenters. The smallest absolute Gasteiger partial charge is 0.414 e. The molecule has 8 nitrogen and oxygen atoms in total. The van der Waals surface area contributed by atoms with E-state index in [0.29, 0.717) is 26.2 Å². The van der Waals surface area contributed by atoms with Gasteiger partial charge in [-0.05, 0) is 40.6 Å². The van der Waals surface area contributed by atoms with Crippen LogP contribution in [0.2, 0.25) is 0 Å². The van der Waals surface area contributed by atoms with Crippen molar-refractivity contribution in [2.45, 2.75) is 11.4 Å². The minimum atomic E-state index is -3.57. The molecule has 10 heteroatoms. The van der Waals surface area contributed by atoms with Gasteiger partial charge in [0.2, 0.25) is 10.0 Å². The zero-order valence-corrected chi connectivity index (χ0v) is 18.4. The molecule has 0 radical (unpaired) electrons. The number of aliphatic carboxylic acids is 2. The van der Waals surface area contributed by atoms with Crippen molar-refractivity contribution in [3.05, 3.63) is 78.1 Å². The molecular weight excluding hydrogens is 451 g/mol. The highest BCUT2D eigenvalue weighted by Crippen LogP contribution is 2.22. The summed E-state index contributed by atoms with van der Waals surface area (Å²) in [6, 6.07) is 19.6. The second kappa shape index (κ2) is 10.5. The first-order valence-electron chi connectivity index (χ1n) is 10.1. The van der Waals surface area contributed by atoms with Gasteiger partial charge in [-0.15, -0.1) is 0 Å². The monoisotopic (exact) mass is 474 g/mol. The van der Waals surface area contributed by atoms with Crippen LogP contribution < -0.4 is 0 Å². The highest BCUT2D eigenvalue weighted by molar-refractivity contribution is 7.89. The van der Waals surface area contributed by atoms with E-state index in [9.17, 15) is 12.8 Å². The number of fused-ring (bicyclic) bond motifs is 1. The number of rotatable bonds is 4. The van der Waals surface area contributed by atoms with Gasteiger partial charge < -0.3 is 10.2 Å². The van der Waals surface area contributed by atoms with Crippen LogP contribution in [0.5, 0.6) is 0 Å². The van der Waals surface area contributed by atoms with Crippen molar-refractivity contribution in [1.82, 2.24) is 9.21 Å². The lowest BCUT2D eigenvalue weighted by Crippen LogP contribution is -2.48. The van der Waals surface area contributed by atoms with E-state index in [4.69, 9.17) is 19.8 Å². The summed E-state index contributed by atoms with van der Waals surface area (Å²) in [6.07, 6.45) is 0. The molecule has 0 bridgehead atoms. The van der Waals surface area contributed by atoms with E-state index >= 15 is 0 Å². The second-order valence-corrected chi connectivity index (χ2v) is 9.32. The Morgan fingerprint density at radius 1 is 0.818 bits per heavy atom. The van der Waals surface area contributed by atoms with Crippen molar-refractivity contribution in [2.75, 3.05) is 26.2 Å². The fourth-order valence-corrected chi connectivity index (χ4v) is 4.98. The van der Waals surface area contributed by atoms with E-state index in [-0.39, 0.29) is 4.90 Å². The zero-order chi connectivity index (χ0) is 24.0. The molecule has 0 aliphatic carbocycles. The van der Waals surface area contributed by atoms with E-state index in [1.165, 1.54) is 44.9 Å². The molecule has 0 saturated carbocycles. The van der Waals surface area contributed by atoms with Gasteiger partial charge in [-0.2, -0.15) is 4.31 Å². The van der Waals surface area contributed by atoms with Gasteiger partial charge in [-0.1, -0.05) is 42.5 Å². The lowest BCUT2D eigenvalue weighted by Gasteiger charge is -2.34. The van der Waals surface area contributed by atoms with Crippen LogP contribution in [-0.4, -0.2) is 66.0 Å². The largest absolute Gasteiger partial charge is 0.473 e. The number of hydrogen-bond donors (Lipinski definition) is 2. The van der Waals surface area contributed by atoms with Crippen molar-refractivity contribution in [3.63, 3.8) is 0 Å². The number of sulfonamides is 1. The van der Waals surface area contributed by atoms with Crippen molar-refractivity contribution >= 4 is 32.7 Å². The van der Waals surface area contributed by atoms with E-state index < -0.39 is 27.8 Å². The number of halogens is 1. The van der Waals surface area contributed by atoms with Gasteiger partial charge in [0.15, 0.2) is 0 Å². The molecule has 1 aliphatic heterocycles. The van der Waals surface area contributed by atoms with E-state index in [1.807, 2.05) is 12.1 Å². The third-order valence-electron chi connectivity index (χ3n) is 5.24. The molecule has 1 heterocycles. The Morgan fingerprint density at radius 2 is 1.39 bits per heavy atom. The SMILES string of the molecule is O=C(O)C(=O)O.O=S(=O)(c1ccc(F)cc1)N1CCN(Cc2cccc3ccccc23)CC1. The summed E-state index contributed by atoms with van der Waals surface area (Å²) < 4.78 is 40.0. The lowest BCUT2D eigenvalue weighted by atomic mass is 10.0. The Morgan fingerprint density at radius 3 is 2.00 bits per heavy atom. The maximum atomic E-state index is 13.1. The number of carboxylic acid groups (broad SMARTS) is 2. The predicted molar refractivity (Wildman–Crippen MR) is 120 cm³/mol. The maximum absolute atomic E-state index is 13.1. The Balaban J connectivity index is 0.000000454. The van der Waals surface area contributed by atoms with Crippen LogP contribution in [0, 0.1) is 5.82 Å². The number of carboxylic acids is 2. The van der Waals surface area contributed by atoms with Gasteiger partial charge in [0.1, 0.15) is 5.82 Å². The average molecular weight is 475 g/mol. The first kappa shape index (κ1) is 24.3. The zero-order valence-electron chi connectivity index (χ0n) is 17.6. The van der Waals surface area contributed by atoms with Crippen LogP contribution in [-0.2, 0) is 26.2 Å². The molecule has 0 unspecified atom stereocenters. The average Bonchev–Trinajstić information content (AvgIpc) is 2.80. The number of piperazine rings is 1. The number of benzene rings is 3. The summed E-state index contributed by atoms with van der Waals surface area (Å²) >= 11 is 0. The van der Waals surface area contributed by atoms with Gasteiger partial charge in [-0.3, -0.25) is 4.90 Å². The summed E-state index contributed by atoms with van der Waals surface area (Å²) in [5.41, 5.74) is 1.25. The molecule has 3 aromatic rings. The minimum Gasteiger partial charge on any atom is -0.473 e. The Bertz CT molecular complexity index is 1220. The topological polar surface area (TPSA) is 115 Å². The second-order valence-electron chi connectivity index (χ2n) is 7.38. The first-order valence-corrected chi connectivity index (χ1v) is 11.5. The molecule has 4 rings (SSSR count). The lowest BCUT2D eigenvalue weighted by molar-refractivity contribution is -0.159. The quantitative estimate of drug-likeness (QED) is 0.559. The highest BCUT2D eigenvalue weighted by atomic mass is 32.2. The fraction of sp³-hybridized carbons (Fsp3) is 0.217. The van der Waals surface area contributed by atoms with Crippen molar-refractivity contribution < 1.29 is 32.6 Å². The summed E-state index contributed by atoms with van der Waals surface area (Å²) in [5, 5.41) is 17.2. The fourth-order valence-electron chi connectivity index (χ4n) is 3.55. The Labute approximate surface area is 190 Å². The molecule has 2 N–H and O–H groups in total. The Kier molecular flexibility index (Phi) is 7.75. The van der Waals surface area contributed by atoms with Gasteiger partial charge in [0.25, 0.3) is 0 Å². The van der Waals surface area contributed by atoms with Crippen molar-refractivity contribution in [1.29, 1.82) is 0 Å². The van der Waals surface area contributed by atoms with Crippen molar-refractivity contribution in [2.24, 2.45) is 0 Å². The maximum Gasteiger partial charge on any atom is 0.414 e. The summed E-state index contributed by atoms with van der Waals surface area (Å²) in [4.78, 5) is 20.6. The molecule has 174 valence electrons. The van der Waals surface area contributed by atoms with Gasteiger partial charge >= 0.3 is 11.9 Å². The molecule has 0 spiro atoms. The standard InChI is InChI=1S/C21H21FN2O2S.C2H2O4/c22-19-8-10-20(11-9-19)27(25,26)24-14-12-23(13-15-24)16-18-6-3-5-17-4-1-2-7-21(17)18;3-1(4)2(5)6/h1-11H,12-16H2;(H,3,4)(H,5,6). The van der Waals surface area contributed by atoms with Crippen LogP contribution in [0.15, 0.2) is 71.6 Å². The van der Waals surface area contributed by atoms with Crippen LogP contribution in [0.25, 0.3) is 10.8 Å². The summed E-state index contributed by atoms with van der Waals surface area (Å²) in [6.45, 7) is 3.01. The molecule has 0 amide bonds.